The van der Waals surface area contributed by atoms with Crippen LogP contribution in [0.1, 0.15) is 97.8 Å². The lowest BCUT2D eigenvalue weighted by Crippen LogP contribution is -2.21. The molecular formula is C24H40O3. The van der Waals surface area contributed by atoms with Crippen molar-refractivity contribution in [3.05, 3.63) is 36.5 Å². The molecule has 0 bridgehead atoms. The summed E-state index contributed by atoms with van der Waals surface area (Å²) in [4.78, 5) is 23.4. The van der Waals surface area contributed by atoms with E-state index in [4.69, 9.17) is 4.74 Å². The van der Waals surface area contributed by atoms with Crippen molar-refractivity contribution in [1.29, 1.82) is 0 Å². The maximum Gasteiger partial charge on any atom is 0.340 e. The molecule has 0 aliphatic heterocycles. The molecule has 3 heteroatoms. The van der Waals surface area contributed by atoms with Crippen molar-refractivity contribution in [2.24, 2.45) is 5.92 Å². The molecule has 1 atom stereocenters. The number of rotatable bonds is 16. The van der Waals surface area contributed by atoms with Crippen molar-refractivity contribution in [2.75, 3.05) is 0 Å². The van der Waals surface area contributed by atoms with E-state index in [2.05, 4.69) is 37.8 Å². The summed E-state index contributed by atoms with van der Waals surface area (Å²) < 4.78 is 4.84. The van der Waals surface area contributed by atoms with Gasteiger partial charge in [-0.05, 0) is 51.9 Å². The first-order chi connectivity index (χ1) is 13.0. The first kappa shape index (κ1) is 25.4. The largest absolute Gasteiger partial charge is 0.389 e. The van der Waals surface area contributed by atoms with E-state index in [9.17, 15) is 9.59 Å². The fraction of sp³-hybridized carbons (Fsp3) is 0.667. The van der Waals surface area contributed by atoms with Gasteiger partial charge < -0.3 is 4.74 Å². The highest BCUT2D eigenvalue weighted by Crippen LogP contribution is 2.17. The van der Waals surface area contributed by atoms with Gasteiger partial charge in [0, 0.05) is 5.57 Å². The molecule has 0 aliphatic rings. The van der Waals surface area contributed by atoms with Crippen molar-refractivity contribution in [3.8, 4) is 0 Å². The Balaban J connectivity index is 3.68. The van der Waals surface area contributed by atoms with Crippen molar-refractivity contribution in [2.45, 2.75) is 97.8 Å². The molecule has 1 unspecified atom stereocenters. The highest BCUT2D eigenvalue weighted by atomic mass is 16.6. The van der Waals surface area contributed by atoms with E-state index in [-0.39, 0.29) is 11.5 Å². The summed E-state index contributed by atoms with van der Waals surface area (Å²) in [6, 6.07) is 0. The highest BCUT2D eigenvalue weighted by Gasteiger charge is 2.20. The molecule has 3 nitrogen and oxygen atoms in total. The van der Waals surface area contributed by atoms with Gasteiger partial charge in [0.2, 0.25) is 0 Å². The maximum atomic E-state index is 12.0. The predicted molar refractivity (Wildman–Crippen MR) is 114 cm³/mol. The number of allylic oxidation sites excluding steroid dienone is 4. The smallest absolute Gasteiger partial charge is 0.340 e. The third kappa shape index (κ3) is 15.1. The summed E-state index contributed by atoms with van der Waals surface area (Å²) in [5.41, 5.74) is 0.262. The molecule has 0 heterocycles. The van der Waals surface area contributed by atoms with Crippen LogP contribution in [0.2, 0.25) is 0 Å². The first-order valence-corrected chi connectivity index (χ1v) is 10.7. The van der Waals surface area contributed by atoms with Gasteiger partial charge in [0.25, 0.3) is 0 Å². The zero-order valence-electron chi connectivity index (χ0n) is 17.8. The Kier molecular flexibility index (Phi) is 16.7. The van der Waals surface area contributed by atoms with Crippen molar-refractivity contribution in [1.82, 2.24) is 0 Å². The molecule has 0 fully saturated rings. The van der Waals surface area contributed by atoms with Gasteiger partial charge in [-0.2, -0.15) is 0 Å². The summed E-state index contributed by atoms with van der Waals surface area (Å²) in [5, 5.41) is 0. The molecule has 0 aromatic carbocycles. The Morgan fingerprint density at radius 3 is 2.04 bits per heavy atom. The quantitative estimate of drug-likeness (QED) is 0.0950. The van der Waals surface area contributed by atoms with Crippen LogP contribution < -0.4 is 0 Å². The number of carbonyl (C=O) groups excluding carboxylic acids is 2. The normalized spacial score (nSPS) is 12.6. The van der Waals surface area contributed by atoms with Crippen LogP contribution in [-0.4, -0.2) is 11.9 Å². The van der Waals surface area contributed by atoms with Gasteiger partial charge >= 0.3 is 11.9 Å². The first-order valence-electron chi connectivity index (χ1n) is 10.7. The summed E-state index contributed by atoms with van der Waals surface area (Å²) in [6.45, 7) is 9.24. The monoisotopic (exact) mass is 376 g/mol. The maximum absolute atomic E-state index is 12.0. The molecule has 0 rings (SSSR count). The number of unbranched alkanes of at least 4 members (excludes halogenated alkanes) is 7. The molecule has 154 valence electrons. The Hall–Kier alpha value is -1.64. The lowest BCUT2D eigenvalue weighted by molar-refractivity contribution is -0.160. The minimum atomic E-state index is -0.610. The van der Waals surface area contributed by atoms with Gasteiger partial charge in [-0.1, -0.05) is 76.8 Å². The van der Waals surface area contributed by atoms with Crippen LogP contribution in [-0.2, 0) is 14.3 Å². The number of carbonyl (C=O) groups is 2. The van der Waals surface area contributed by atoms with Crippen LogP contribution in [0, 0.1) is 5.92 Å². The molecule has 0 spiro atoms. The van der Waals surface area contributed by atoms with Gasteiger partial charge in [0.05, 0.1) is 5.92 Å². The minimum Gasteiger partial charge on any atom is -0.389 e. The number of esters is 2. The molecule has 0 aromatic heterocycles. The predicted octanol–water partition coefficient (Wildman–Crippen LogP) is 7.08. The van der Waals surface area contributed by atoms with Crippen LogP contribution in [0.4, 0.5) is 0 Å². The number of ether oxygens (including phenoxy) is 1. The van der Waals surface area contributed by atoms with E-state index in [1.54, 1.807) is 6.92 Å². The molecule has 0 aromatic rings. The lowest BCUT2D eigenvalue weighted by atomic mass is 9.98. The molecule has 0 saturated carbocycles. The highest BCUT2D eigenvalue weighted by molar-refractivity contribution is 5.95. The summed E-state index contributed by atoms with van der Waals surface area (Å²) in [5.74, 6) is -1.20. The Labute approximate surface area is 167 Å². The fourth-order valence-corrected chi connectivity index (χ4v) is 2.78. The van der Waals surface area contributed by atoms with E-state index in [0.717, 1.165) is 32.1 Å². The Bertz CT molecular complexity index is 474. The molecule has 0 saturated heterocycles. The topological polar surface area (TPSA) is 43.4 Å². The van der Waals surface area contributed by atoms with E-state index < -0.39 is 11.9 Å². The van der Waals surface area contributed by atoms with E-state index in [1.807, 2.05) is 6.92 Å². The van der Waals surface area contributed by atoms with Crippen molar-refractivity contribution < 1.29 is 14.3 Å². The third-order valence-corrected chi connectivity index (χ3v) is 4.62. The van der Waals surface area contributed by atoms with E-state index >= 15 is 0 Å². The van der Waals surface area contributed by atoms with Crippen molar-refractivity contribution >= 4 is 11.9 Å². The van der Waals surface area contributed by atoms with E-state index in [0.29, 0.717) is 6.42 Å². The molecule has 0 N–H and O–H groups in total. The summed E-state index contributed by atoms with van der Waals surface area (Å²) in [7, 11) is 0. The van der Waals surface area contributed by atoms with Gasteiger partial charge in [-0.15, -0.1) is 0 Å². The number of hydrogen-bond donors (Lipinski definition) is 0. The lowest BCUT2D eigenvalue weighted by Gasteiger charge is -2.12. The third-order valence-electron chi connectivity index (χ3n) is 4.62. The van der Waals surface area contributed by atoms with Gasteiger partial charge in [0.15, 0.2) is 0 Å². The second-order valence-corrected chi connectivity index (χ2v) is 7.26. The van der Waals surface area contributed by atoms with Crippen LogP contribution in [0.15, 0.2) is 36.5 Å². The minimum absolute atomic E-state index is 0.183. The van der Waals surface area contributed by atoms with Gasteiger partial charge in [-0.3, -0.25) is 4.79 Å². The second kappa shape index (κ2) is 17.8. The molecule has 0 aliphatic carbocycles. The Morgan fingerprint density at radius 1 is 0.889 bits per heavy atom. The number of hydrogen-bond acceptors (Lipinski definition) is 3. The average Bonchev–Trinajstić information content (AvgIpc) is 2.64. The SMILES string of the molecule is C=C(C)C(=O)OC(=O)C(CC)CCCCCC/C=C\C/C=C\CCCCC. The Morgan fingerprint density at radius 2 is 1.48 bits per heavy atom. The average molecular weight is 377 g/mol. The van der Waals surface area contributed by atoms with Gasteiger partial charge in [-0.25, -0.2) is 4.79 Å². The zero-order chi connectivity index (χ0) is 20.3. The molecule has 0 amide bonds. The molecule has 0 radical (unpaired) electrons. The fourth-order valence-electron chi connectivity index (χ4n) is 2.78. The summed E-state index contributed by atoms with van der Waals surface area (Å²) in [6.07, 6.45) is 22.3. The summed E-state index contributed by atoms with van der Waals surface area (Å²) >= 11 is 0. The van der Waals surface area contributed by atoms with E-state index in [1.165, 1.54) is 38.5 Å². The standard InChI is InChI=1S/C24H40O3/c1-5-7-8-9-10-11-12-13-14-15-16-17-18-19-20-22(6-2)24(26)27-23(25)21(3)4/h10-11,13-14,22H,3,5-9,12,15-20H2,1-2,4H3/b11-10-,14-13-. The van der Waals surface area contributed by atoms with Crippen LogP contribution in [0.5, 0.6) is 0 Å². The second-order valence-electron chi connectivity index (χ2n) is 7.26. The zero-order valence-corrected chi connectivity index (χ0v) is 17.8. The van der Waals surface area contributed by atoms with Crippen LogP contribution >= 0.6 is 0 Å². The van der Waals surface area contributed by atoms with Crippen LogP contribution in [0.3, 0.4) is 0 Å². The molecule has 27 heavy (non-hydrogen) atoms. The van der Waals surface area contributed by atoms with Crippen molar-refractivity contribution in [3.63, 3.8) is 0 Å². The van der Waals surface area contributed by atoms with Gasteiger partial charge in [0.1, 0.15) is 0 Å². The van der Waals surface area contributed by atoms with Crippen LogP contribution in [0.25, 0.3) is 0 Å². The molecular weight excluding hydrogens is 336 g/mol.